The molecule has 1 atom stereocenters. The lowest BCUT2D eigenvalue weighted by Crippen LogP contribution is -2.41. The van der Waals surface area contributed by atoms with Crippen molar-refractivity contribution in [2.75, 3.05) is 53.0 Å². The summed E-state index contributed by atoms with van der Waals surface area (Å²) in [4.78, 5) is 6.79. The van der Waals surface area contributed by atoms with E-state index in [1.54, 1.807) is 0 Å². The fourth-order valence-corrected chi connectivity index (χ4v) is 3.34. The summed E-state index contributed by atoms with van der Waals surface area (Å²) in [6.07, 6.45) is 2.27. The first-order chi connectivity index (χ1) is 13.7. The molecule has 1 aromatic rings. The second-order valence-electron chi connectivity index (χ2n) is 7.44. The average molecular weight is 518 g/mol. The number of aliphatic imine (C=N–C) groups is 1. The summed E-state index contributed by atoms with van der Waals surface area (Å²) in [5.41, 5.74) is 2.35. The maximum atomic E-state index is 6.13. The Bertz CT molecular complexity index is 606. The zero-order chi connectivity index (χ0) is 20.2. The number of aryl methyl sites for hydroxylation is 1. The monoisotopic (exact) mass is 518 g/mol. The Labute approximate surface area is 193 Å². The van der Waals surface area contributed by atoms with Gasteiger partial charge < -0.3 is 25.0 Å². The molecule has 1 unspecified atom stereocenters. The van der Waals surface area contributed by atoms with Crippen LogP contribution in [0, 0.1) is 12.8 Å². The van der Waals surface area contributed by atoms with Crippen LogP contribution in [0.4, 0.5) is 0 Å². The number of nitrogens with zero attached hydrogens (tertiary/aromatic N) is 2. The van der Waals surface area contributed by atoms with E-state index in [0.29, 0.717) is 19.1 Å². The summed E-state index contributed by atoms with van der Waals surface area (Å²) in [7, 11) is 1.81. The van der Waals surface area contributed by atoms with Gasteiger partial charge in [0.25, 0.3) is 0 Å². The minimum atomic E-state index is 0. The highest BCUT2D eigenvalue weighted by Gasteiger charge is 2.17. The van der Waals surface area contributed by atoms with Crippen LogP contribution in [0.15, 0.2) is 23.2 Å². The van der Waals surface area contributed by atoms with Gasteiger partial charge in [-0.15, -0.1) is 24.0 Å². The molecule has 1 fully saturated rings. The molecule has 0 saturated carbocycles. The smallest absolute Gasteiger partial charge is 0.191 e. The van der Waals surface area contributed by atoms with Crippen molar-refractivity contribution in [3.8, 4) is 5.75 Å². The Balaban J connectivity index is 0.00000420. The van der Waals surface area contributed by atoms with Crippen LogP contribution in [0.25, 0.3) is 0 Å². The Morgan fingerprint density at radius 2 is 2.10 bits per heavy atom. The molecule has 0 spiro atoms. The molecule has 0 radical (unpaired) electrons. The number of guanidine groups is 1. The first-order valence-corrected chi connectivity index (χ1v) is 10.6. The van der Waals surface area contributed by atoms with Crippen LogP contribution in [-0.4, -0.2) is 63.9 Å². The van der Waals surface area contributed by atoms with Crippen molar-refractivity contribution < 1.29 is 9.47 Å². The third-order valence-electron chi connectivity index (χ3n) is 5.10. The highest BCUT2D eigenvalue weighted by Crippen LogP contribution is 2.22. The molecule has 2 N–H and O–H groups in total. The van der Waals surface area contributed by atoms with Gasteiger partial charge in [-0.2, -0.15) is 0 Å². The van der Waals surface area contributed by atoms with Crippen LogP contribution < -0.4 is 15.4 Å². The molecule has 1 heterocycles. The number of halogens is 1. The van der Waals surface area contributed by atoms with Crippen molar-refractivity contribution in [1.29, 1.82) is 0 Å². The lowest BCUT2D eigenvalue weighted by Gasteiger charge is -2.21. The van der Waals surface area contributed by atoms with Gasteiger partial charge in [-0.1, -0.05) is 26.0 Å². The zero-order valence-electron chi connectivity index (χ0n) is 18.5. The highest BCUT2D eigenvalue weighted by molar-refractivity contribution is 14.0. The van der Waals surface area contributed by atoms with E-state index in [2.05, 4.69) is 59.5 Å². The number of hydrogen-bond donors (Lipinski definition) is 2. The number of likely N-dealkylation sites (N-methyl/N-ethyl adjacent to an activating group) is 1. The molecule has 6 nitrogen and oxygen atoms in total. The van der Waals surface area contributed by atoms with E-state index in [-0.39, 0.29) is 24.0 Å². The van der Waals surface area contributed by atoms with E-state index >= 15 is 0 Å². The second-order valence-corrected chi connectivity index (χ2v) is 7.44. The van der Waals surface area contributed by atoms with Crippen molar-refractivity contribution in [3.05, 3.63) is 29.3 Å². The molecule has 29 heavy (non-hydrogen) atoms. The molecule has 1 aromatic carbocycles. The maximum absolute atomic E-state index is 6.13. The van der Waals surface area contributed by atoms with Gasteiger partial charge in [-0.05, 0) is 44.5 Å². The van der Waals surface area contributed by atoms with Crippen LogP contribution in [0.3, 0.4) is 0 Å². The van der Waals surface area contributed by atoms with E-state index < -0.39 is 0 Å². The van der Waals surface area contributed by atoms with Crippen LogP contribution in [0.5, 0.6) is 5.75 Å². The minimum absolute atomic E-state index is 0. The van der Waals surface area contributed by atoms with Crippen molar-refractivity contribution in [3.63, 3.8) is 0 Å². The van der Waals surface area contributed by atoms with Gasteiger partial charge in [0.15, 0.2) is 5.96 Å². The van der Waals surface area contributed by atoms with Crippen LogP contribution in [0.1, 0.15) is 37.8 Å². The number of rotatable bonds is 11. The SMILES string of the molecule is CCCN(CC)CCNC(=NC)NCc1ccc(C)cc1OCC1CCOC1.I. The van der Waals surface area contributed by atoms with E-state index in [9.17, 15) is 0 Å². The fraction of sp³-hybridized carbons (Fsp3) is 0.682. The Morgan fingerprint density at radius 1 is 1.28 bits per heavy atom. The molecular weight excluding hydrogens is 479 g/mol. The number of ether oxygens (including phenoxy) is 2. The number of benzene rings is 1. The van der Waals surface area contributed by atoms with Crippen LogP contribution in [-0.2, 0) is 11.3 Å². The lowest BCUT2D eigenvalue weighted by molar-refractivity contribution is 0.166. The molecule has 2 rings (SSSR count). The number of nitrogens with one attached hydrogen (secondary N) is 2. The molecule has 0 amide bonds. The third-order valence-corrected chi connectivity index (χ3v) is 5.10. The zero-order valence-corrected chi connectivity index (χ0v) is 20.8. The molecule has 0 aromatic heterocycles. The van der Waals surface area contributed by atoms with E-state index in [1.807, 2.05) is 7.05 Å². The van der Waals surface area contributed by atoms with E-state index in [1.165, 1.54) is 12.0 Å². The standard InChI is InChI=1S/C22H38N4O2.HI/c1-5-11-26(6-2)12-10-24-22(23-4)25-15-20-8-7-18(3)14-21(20)28-17-19-9-13-27-16-19;/h7-8,14,19H,5-6,9-13,15-17H2,1-4H3,(H2,23,24,25);1H. The van der Waals surface area contributed by atoms with Crippen molar-refractivity contribution >= 4 is 29.9 Å². The van der Waals surface area contributed by atoms with Crippen molar-refractivity contribution in [1.82, 2.24) is 15.5 Å². The largest absolute Gasteiger partial charge is 0.493 e. The lowest BCUT2D eigenvalue weighted by atomic mass is 10.1. The van der Waals surface area contributed by atoms with Crippen LogP contribution in [0.2, 0.25) is 0 Å². The molecule has 1 saturated heterocycles. The normalized spacial score (nSPS) is 16.6. The maximum Gasteiger partial charge on any atom is 0.191 e. The Kier molecular flexibility index (Phi) is 13.3. The fourth-order valence-electron chi connectivity index (χ4n) is 3.34. The summed E-state index contributed by atoms with van der Waals surface area (Å²) in [6, 6.07) is 6.38. The van der Waals surface area contributed by atoms with E-state index in [0.717, 1.165) is 63.1 Å². The predicted octanol–water partition coefficient (Wildman–Crippen LogP) is 3.43. The molecule has 7 heteroatoms. The summed E-state index contributed by atoms with van der Waals surface area (Å²) < 4.78 is 11.6. The molecule has 0 aliphatic carbocycles. The van der Waals surface area contributed by atoms with Crippen LogP contribution >= 0.6 is 24.0 Å². The van der Waals surface area contributed by atoms with Gasteiger partial charge in [0.05, 0.1) is 13.2 Å². The summed E-state index contributed by atoms with van der Waals surface area (Å²) in [5.74, 6) is 2.28. The minimum Gasteiger partial charge on any atom is -0.493 e. The quantitative estimate of drug-likeness (QED) is 0.267. The van der Waals surface area contributed by atoms with E-state index in [4.69, 9.17) is 9.47 Å². The topological polar surface area (TPSA) is 58.1 Å². The first-order valence-electron chi connectivity index (χ1n) is 10.6. The molecular formula is C22H39IN4O2. The predicted molar refractivity (Wildman–Crippen MR) is 132 cm³/mol. The summed E-state index contributed by atoms with van der Waals surface area (Å²) >= 11 is 0. The third kappa shape index (κ3) is 9.53. The van der Waals surface area contributed by atoms with Gasteiger partial charge in [0.1, 0.15) is 5.75 Å². The van der Waals surface area contributed by atoms with Crippen molar-refractivity contribution in [2.24, 2.45) is 10.9 Å². The second kappa shape index (κ2) is 14.8. The molecule has 0 bridgehead atoms. The highest BCUT2D eigenvalue weighted by atomic mass is 127. The van der Waals surface area contributed by atoms with Gasteiger partial charge in [0.2, 0.25) is 0 Å². The van der Waals surface area contributed by atoms with Gasteiger partial charge >= 0.3 is 0 Å². The molecule has 1 aliphatic rings. The molecule has 166 valence electrons. The Morgan fingerprint density at radius 3 is 2.76 bits per heavy atom. The van der Waals surface area contributed by atoms with Gasteiger partial charge in [0, 0.05) is 44.8 Å². The van der Waals surface area contributed by atoms with Gasteiger partial charge in [-0.3, -0.25) is 4.99 Å². The summed E-state index contributed by atoms with van der Waals surface area (Å²) in [6.45, 7) is 13.7. The van der Waals surface area contributed by atoms with Crippen molar-refractivity contribution in [2.45, 2.75) is 40.2 Å². The average Bonchev–Trinajstić information content (AvgIpc) is 3.22. The summed E-state index contributed by atoms with van der Waals surface area (Å²) in [5, 5.41) is 6.82. The molecule has 1 aliphatic heterocycles. The number of hydrogen-bond acceptors (Lipinski definition) is 4. The first kappa shape index (κ1) is 26.0. The van der Waals surface area contributed by atoms with Gasteiger partial charge in [-0.25, -0.2) is 0 Å². The Hall–Kier alpha value is -1.06.